The third kappa shape index (κ3) is 2.82. The first-order chi connectivity index (χ1) is 6.86. The van der Waals surface area contributed by atoms with Gasteiger partial charge in [0.25, 0.3) is 0 Å². The van der Waals surface area contributed by atoms with E-state index in [1.807, 2.05) is 0 Å². The van der Waals surface area contributed by atoms with Crippen molar-refractivity contribution in [1.29, 1.82) is 0 Å². The molecule has 0 aliphatic rings. The van der Waals surface area contributed by atoms with Gasteiger partial charge in [0.05, 0.1) is 5.88 Å². The Morgan fingerprint density at radius 2 is 2.00 bits per heavy atom. The van der Waals surface area contributed by atoms with E-state index in [-0.39, 0.29) is 5.15 Å². The highest BCUT2D eigenvalue weighted by Crippen LogP contribution is 2.31. The van der Waals surface area contributed by atoms with Crippen LogP contribution in [0, 0.1) is 0 Å². The summed E-state index contributed by atoms with van der Waals surface area (Å²) in [6.45, 7) is 0. The molecule has 0 unspecified atom stereocenters. The zero-order valence-electron chi connectivity index (χ0n) is 7.11. The molecule has 0 saturated carbocycles. The summed E-state index contributed by atoms with van der Waals surface area (Å²) in [6.07, 6.45) is -4.72. The van der Waals surface area contributed by atoms with Crippen molar-refractivity contribution in [2.75, 3.05) is 5.88 Å². The van der Waals surface area contributed by atoms with E-state index in [1.54, 1.807) is 0 Å². The van der Waals surface area contributed by atoms with Gasteiger partial charge in [-0.1, -0.05) is 11.6 Å². The molecular formula is C8H4Cl2F3NO. The fourth-order valence-electron chi connectivity index (χ4n) is 0.948. The van der Waals surface area contributed by atoms with E-state index >= 15 is 0 Å². The number of halogens is 5. The Kier molecular flexibility index (Phi) is 3.57. The van der Waals surface area contributed by atoms with Gasteiger partial charge in [-0.15, -0.1) is 11.6 Å². The Morgan fingerprint density at radius 1 is 1.40 bits per heavy atom. The highest BCUT2D eigenvalue weighted by Gasteiger charge is 2.37. The van der Waals surface area contributed by atoms with Crippen LogP contribution < -0.4 is 0 Å². The third-order valence-electron chi connectivity index (χ3n) is 1.55. The van der Waals surface area contributed by atoms with Crippen LogP contribution in [0.2, 0.25) is 5.15 Å². The standard InChI is InChI=1S/C8H4Cl2F3NO/c9-3-5(15)4-1-2-6(10)14-7(4)8(11,12)13/h1-2H,3H2. The Morgan fingerprint density at radius 3 is 2.47 bits per heavy atom. The number of hydrogen-bond donors (Lipinski definition) is 0. The van der Waals surface area contributed by atoms with Crippen LogP contribution in [0.5, 0.6) is 0 Å². The van der Waals surface area contributed by atoms with Gasteiger partial charge in [0, 0.05) is 5.56 Å². The second-order valence-electron chi connectivity index (χ2n) is 2.58. The zero-order chi connectivity index (χ0) is 11.6. The summed E-state index contributed by atoms with van der Waals surface area (Å²) in [6, 6.07) is 2.07. The van der Waals surface area contributed by atoms with Gasteiger partial charge in [0.1, 0.15) is 5.15 Å². The molecule has 1 heterocycles. The van der Waals surface area contributed by atoms with Gasteiger partial charge in [-0.05, 0) is 12.1 Å². The van der Waals surface area contributed by atoms with Gasteiger partial charge in [-0.25, -0.2) is 4.98 Å². The SMILES string of the molecule is O=C(CCl)c1ccc(Cl)nc1C(F)(F)F. The molecule has 0 spiro atoms. The van der Waals surface area contributed by atoms with Crippen molar-refractivity contribution in [2.24, 2.45) is 0 Å². The van der Waals surface area contributed by atoms with E-state index in [1.165, 1.54) is 0 Å². The fourth-order valence-corrected chi connectivity index (χ4v) is 1.24. The summed E-state index contributed by atoms with van der Waals surface area (Å²) in [5.41, 5.74) is -1.87. The average Bonchev–Trinajstić information content (AvgIpc) is 2.15. The maximum absolute atomic E-state index is 12.4. The van der Waals surface area contributed by atoms with Gasteiger partial charge in [-0.2, -0.15) is 13.2 Å². The number of rotatable bonds is 2. The highest BCUT2D eigenvalue weighted by molar-refractivity contribution is 6.31. The van der Waals surface area contributed by atoms with Crippen LogP contribution in [-0.4, -0.2) is 16.6 Å². The summed E-state index contributed by atoms with van der Waals surface area (Å²) < 4.78 is 37.2. The number of nitrogens with zero attached hydrogens (tertiary/aromatic N) is 1. The summed E-state index contributed by atoms with van der Waals surface area (Å²) in [5, 5.41) is -0.326. The first kappa shape index (κ1) is 12.3. The molecule has 0 aliphatic carbocycles. The number of pyridine rings is 1. The molecule has 1 aromatic rings. The van der Waals surface area contributed by atoms with Crippen molar-refractivity contribution < 1.29 is 18.0 Å². The molecular weight excluding hydrogens is 254 g/mol. The first-order valence-corrected chi connectivity index (χ1v) is 4.60. The number of ketones is 1. The monoisotopic (exact) mass is 257 g/mol. The number of carbonyl (C=O) groups excluding carboxylic acids is 1. The molecule has 1 aromatic heterocycles. The Bertz CT molecular complexity index is 392. The van der Waals surface area contributed by atoms with Crippen molar-refractivity contribution in [3.8, 4) is 0 Å². The molecule has 0 N–H and O–H groups in total. The third-order valence-corrected chi connectivity index (χ3v) is 2.00. The Hall–Kier alpha value is -0.810. The fraction of sp³-hybridized carbons (Fsp3) is 0.250. The number of hydrogen-bond acceptors (Lipinski definition) is 2. The summed E-state index contributed by atoms with van der Waals surface area (Å²) in [7, 11) is 0. The maximum Gasteiger partial charge on any atom is 0.434 e. The van der Waals surface area contributed by atoms with Gasteiger partial charge < -0.3 is 0 Å². The molecule has 2 nitrogen and oxygen atoms in total. The van der Waals surface area contributed by atoms with Gasteiger partial charge in [0.15, 0.2) is 11.5 Å². The van der Waals surface area contributed by atoms with Gasteiger partial charge in [0.2, 0.25) is 0 Å². The largest absolute Gasteiger partial charge is 0.434 e. The second kappa shape index (κ2) is 4.37. The minimum absolute atomic E-state index is 0.326. The minimum atomic E-state index is -4.72. The van der Waals surface area contributed by atoms with Crippen LogP contribution in [0.4, 0.5) is 13.2 Å². The lowest BCUT2D eigenvalue weighted by atomic mass is 10.1. The van der Waals surface area contributed by atoms with E-state index in [0.717, 1.165) is 12.1 Å². The average molecular weight is 258 g/mol. The Balaban J connectivity index is 3.33. The van der Waals surface area contributed by atoms with Crippen LogP contribution in [0.15, 0.2) is 12.1 Å². The van der Waals surface area contributed by atoms with E-state index in [0.29, 0.717) is 0 Å². The van der Waals surface area contributed by atoms with Crippen LogP contribution in [-0.2, 0) is 6.18 Å². The normalized spacial score (nSPS) is 11.5. The molecule has 0 saturated heterocycles. The summed E-state index contributed by atoms with van der Waals surface area (Å²) >= 11 is 10.5. The topological polar surface area (TPSA) is 30.0 Å². The summed E-state index contributed by atoms with van der Waals surface area (Å²) in [4.78, 5) is 14.2. The quantitative estimate of drug-likeness (QED) is 0.463. The lowest BCUT2D eigenvalue weighted by Gasteiger charge is -2.09. The first-order valence-electron chi connectivity index (χ1n) is 3.69. The van der Waals surface area contributed by atoms with Crippen molar-refractivity contribution in [3.05, 3.63) is 28.5 Å². The van der Waals surface area contributed by atoms with Crippen molar-refractivity contribution in [3.63, 3.8) is 0 Å². The smallest absolute Gasteiger partial charge is 0.293 e. The molecule has 0 aliphatic heterocycles. The molecule has 82 valence electrons. The molecule has 0 fully saturated rings. The van der Waals surface area contributed by atoms with Crippen LogP contribution >= 0.6 is 23.2 Å². The van der Waals surface area contributed by atoms with Crippen LogP contribution in [0.1, 0.15) is 16.1 Å². The van der Waals surface area contributed by atoms with E-state index in [2.05, 4.69) is 4.98 Å². The van der Waals surface area contributed by atoms with Gasteiger partial charge in [-0.3, -0.25) is 4.79 Å². The molecule has 0 bridgehead atoms. The number of aromatic nitrogens is 1. The molecule has 15 heavy (non-hydrogen) atoms. The predicted molar refractivity (Wildman–Crippen MR) is 49.3 cm³/mol. The van der Waals surface area contributed by atoms with Crippen molar-refractivity contribution in [1.82, 2.24) is 4.98 Å². The molecule has 0 amide bonds. The lowest BCUT2D eigenvalue weighted by molar-refractivity contribution is -0.141. The highest BCUT2D eigenvalue weighted by atomic mass is 35.5. The minimum Gasteiger partial charge on any atom is -0.293 e. The molecule has 0 atom stereocenters. The van der Waals surface area contributed by atoms with Crippen molar-refractivity contribution >= 4 is 29.0 Å². The number of alkyl halides is 4. The maximum atomic E-state index is 12.4. The van der Waals surface area contributed by atoms with Crippen LogP contribution in [0.3, 0.4) is 0 Å². The zero-order valence-corrected chi connectivity index (χ0v) is 8.62. The van der Waals surface area contributed by atoms with Crippen LogP contribution in [0.25, 0.3) is 0 Å². The molecule has 0 aromatic carbocycles. The molecule has 1 rings (SSSR count). The predicted octanol–water partition coefficient (Wildman–Crippen LogP) is 3.18. The van der Waals surface area contributed by atoms with E-state index in [9.17, 15) is 18.0 Å². The number of Topliss-reactive ketones (excluding diaryl/α,β-unsaturated/α-hetero) is 1. The number of carbonyl (C=O) groups is 1. The molecule has 7 heteroatoms. The molecule has 0 radical (unpaired) electrons. The Labute approximate surface area is 93.0 Å². The second-order valence-corrected chi connectivity index (χ2v) is 3.24. The van der Waals surface area contributed by atoms with Crippen molar-refractivity contribution in [2.45, 2.75) is 6.18 Å². The summed E-state index contributed by atoms with van der Waals surface area (Å²) in [5.74, 6) is -1.37. The van der Waals surface area contributed by atoms with E-state index < -0.39 is 29.1 Å². The lowest BCUT2D eigenvalue weighted by Crippen LogP contribution is -2.16. The van der Waals surface area contributed by atoms with E-state index in [4.69, 9.17) is 23.2 Å². The van der Waals surface area contributed by atoms with Gasteiger partial charge >= 0.3 is 6.18 Å².